The molecule has 0 saturated heterocycles. The largest absolute Gasteiger partial charge is 0.347 e. The van der Waals surface area contributed by atoms with Crippen molar-refractivity contribution < 1.29 is 4.79 Å². The smallest absolute Gasteiger partial charge is 0.270 e. The maximum absolute atomic E-state index is 12.6. The number of rotatable bonds is 3. The lowest BCUT2D eigenvalue weighted by molar-refractivity contribution is 0.0698. The minimum Gasteiger partial charge on any atom is -0.347 e. The van der Waals surface area contributed by atoms with Gasteiger partial charge in [0.15, 0.2) is 0 Å². The number of hydrogen-bond acceptors (Lipinski definition) is 4. The molecule has 0 unspecified atom stereocenters. The van der Waals surface area contributed by atoms with Crippen LogP contribution in [0.5, 0.6) is 0 Å². The van der Waals surface area contributed by atoms with Gasteiger partial charge in [0, 0.05) is 32.5 Å². The topological polar surface area (TPSA) is 73.8 Å². The summed E-state index contributed by atoms with van der Waals surface area (Å²) < 4.78 is 5.70. The Morgan fingerprint density at radius 2 is 2.26 bits per heavy atom. The number of aromatic nitrogens is 6. The van der Waals surface area contributed by atoms with Gasteiger partial charge in [0.05, 0.1) is 18.8 Å². The van der Waals surface area contributed by atoms with E-state index in [2.05, 4.69) is 19.6 Å². The van der Waals surface area contributed by atoms with Crippen LogP contribution >= 0.6 is 0 Å². The van der Waals surface area contributed by atoms with Gasteiger partial charge < -0.3 is 14.0 Å². The minimum absolute atomic E-state index is 0.0459. The number of aryl methyl sites for hydroxylation is 1. The van der Waals surface area contributed by atoms with E-state index in [1.165, 1.54) is 6.33 Å². The van der Waals surface area contributed by atoms with Crippen LogP contribution in [-0.2, 0) is 26.7 Å². The monoisotopic (exact) mass is 311 g/mol. The van der Waals surface area contributed by atoms with E-state index in [1.54, 1.807) is 11.0 Å². The highest BCUT2D eigenvalue weighted by Gasteiger charge is 2.24. The molecule has 4 rings (SSSR count). The van der Waals surface area contributed by atoms with Crippen molar-refractivity contribution in [2.75, 3.05) is 6.54 Å². The van der Waals surface area contributed by atoms with Crippen LogP contribution < -0.4 is 0 Å². The summed E-state index contributed by atoms with van der Waals surface area (Å²) in [6, 6.07) is 3.73. The van der Waals surface area contributed by atoms with E-state index in [0.717, 1.165) is 18.1 Å². The molecule has 1 amide bonds. The van der Waals surface area contributed by atoms with Crippen LogP contribution in [0, 0.1) is 0 Å². The number of carbonyl (C=O) groups excluding carboxylic acids is 1. The van der Waals surface area contributed by atoms with E-state index in [4.69, 9.17) is 0 Å². The van der Waals surface area contributed by atoms with E-state index in [-0.39, 0.29) is 5.91 Å². The second kappa shape index (κ2) is 5.38. The highest BCUT2D eigenvalue weighted by Crippen LogP contribution is 2.16. The molecule has 0 spiro atoms. The van der Waals surface area contributed by atoms with Crippen molar-refractivity contribution in [3.63, 3.8) is 0 Å². The first-order valence-electron chi connectivity index (χ1n) is 7.48. The third kappa shape index (κ3) is 2.52. The van der Waals surface area contributed by atoms with Gasteiger partial charge in [-0.2, -0.15) is 5.10 Å². The van der Waals surface area contributed by atoms with Gasteiger partial charge in [0.25, 0.3) is 5.91 Å². The normalized spacial score (nSPS) is 14.0. The van der Waals surface area contributed by atoms with Crippen molar-refractivity contribution in [2.45, 2.75) is 19.6 Å². The van der Waals surface area contributed by atoms with Crippen molar-refractivity contribution in [1.29, 1.82) is 0 Å². The summed E-state index contributed by atoms with van der Waals surface area (Å²) in [6.07, 6.45) is 7.09. The van der Waals surface area contributed by atoms with Crippen LogP contribution in [0.15, 0.2) is 37.2 Å². The van der Waals surface area contributed by atoms with Gasteiger partial charge in [0.2, 0.25) is 0 Å². The number of fused-ring (bicyclic) bond motifs is 1. The molecule has 0 N–H and O–H groups in total. The molecule has 0 atom stereocenters. The van der Waals surface area contributed by atoms with Crippen molar-refractivity contribution in [3.05, 3.63) is 54.4 Å². The van der Waals surface area contributed by atoms with Crippen LogP contribution in [0.3, 0.4) is 0 Å². The average molecular weight is 311 g/mol. The SMILES string of the molecule is Cn1cccc1C(=O)N1CCn2cc(Cn3cncn3)nc2C1. The van der Waals surface area contributed by atoms with Gasteiger partial charge in [-0.25, -0.2) is 14.6 Å². The number of nitrogens with zero attached hydrogens (tertiary/aromatic N) is 7. The second-order valence-electron chi connectivity index (χ2n) is 5.67. The van der Waals surface area contributed by atoms with Gasteiger partial charge in [-0.3, -0.25) is 4.79 Å². The Labute approximate surface area is 133 Å². The molecule has 23 heavy (non-hydrogen) atoms. The Bertz CT molecular complexity index is 830. The van der Waals surface area contributed by atoms with Crippen LogP contribution in [0.4, 0.5) is 0 Å². The first kappa shape index (κ1) is 13.7. The first-order valence-corrected chi connectivity index (χ1v) is 7.48. The standard InChI is InChI=1S/C15H17N7O/c1-19-4-2-3-13(19)15(23)21-6-5-20-7-12(18-14(20)9-21)8-22-11-16-10-17-22/h2-4,7,10-11H,5-6,8-9H2,1H3. The molecular weight excluding hydrogens is 294 g/mol. The summed E-state index contributed by atoms with van der Waals surface area (Å²) >= 11 is 0. The van der Waals surface area contributed by atoms with E-state index in [9.17, 15) is 4.79 Å². The zero-order valence-corrected chi connectivity index (χ0v) is 12.8. The quantitative estimate of drug-likeness (QED) is 0.707. The van der Waals surface area contributed by atoms with E-state index >= 15 is 0 Å². The molecule has 0 fully saturated rings. The third-order valence-corrected chi connectivity index (χ3v) is 4.09. The van der Waals surface area contributed by atoms with Gasteiger partial charge in [-0.15, -0.1) is 0 Å². The second-order valence-corrected chi connectivity index (χ2v) is 5.67. The maximum atomic E-state index is 12.6. The average Bonchev–Trinajstić information content (AvgIpc) is 3.26. The van der Waals surface area contributed by atoms with Gasteiger partial charge in [-0.1, -0.05) is 0 Å². The zero-order chi connectivity index (χ0) is 15.8. The van der Waals surface area contributed by atoms with Crippen molar-refractivity contribution >= 4 is 5.91 Å². The molecule has 1 aliphatic heterocycles. The molecule has 118 valence electrons. The molecule has 8 heteroatoms. The molecule has 0 saturated carbocycles. The number of carbonyl (C=O) groups is 1. The van der Waals surface area contributed by atoms with E-state index < -0.39 is 0 Å². The van der Waals surface area contributed by atoms with Gasteiger partial charge >= 0.3 is 0 Å². The van der Waals surface area contributed by atoms with Crippen LogP contribution in [0.25, 0.3) is 0 Å². The lowest BCUT2D eigenvalue weighted by Gasteiger charge is -2.27. The van der Waals surface area contributed by atoms with Crippen molar-refractivity contribution in [1.82, 2.24) is 33.8 Å². The van der Waals surface area contributed by atoms with Crippen LogP contribution in [0.1, 0.15) is 22.0 Å². The van der Waals surface area contributed by atoms with Crippen molar-refractivity contribution in [2.24, 2.45) is 7.05 Å². The lowest BCUT2D eigenvalue weighted by atomic mass is 10.3. The summed E-state index contributed by atoms with van der Waals surface area (Å²) in [5, 5.41) is 4.09. The van der Waals surface area contributed by atoms with Gasteiger partial charge in [-0.05, 0) is 12.1 Å². The lowest BCUT2D eigenvalue weighted by Crippen LogP contribution is -2.38. The Balaban J connectivity index is 1.52. The maximum Gasteiger partial charge on any atom is 0.270 e. The Hall–Kier alpha value is -2.90. The number of imidazole rings is 1. The first-order chi connectivity index (χ1) is 11.2. The summed E-state index contributed by atoms with van der Waals surface area (Å²) in [7, 11) is 1.88. The molecule has 3 aromatic rings. The molecule has 0 aliphatic carbocycles. The molecule has 1 aliphatic rings. The molecule has 8 nitrogen and oxygen atoms in total. The molecule has 4 heterocycles. The fourth-order valence-corrected chi connectivity index (χ4v) is 2.89. The fraction of sp³-hybridized carbons (Fsp3) is 0.333. The van der Waals surface area contributed by atoms with E-state index in [1.807, 2.05) is 41.0 Å². The molecule has 0 aromatic carbocycles. The summed E-state index contributed by atoms with van der Waals surface area (Å²) in [6.45, 7) is 2.57. The summed E-state index contributed by atoms with van der Waals surface area (Å²) in [5.41, 5.74) is 1.63. The molecule has 0 radical (unpaired) electrons. The Morgan fingerprint density at radius 1 is 1.35 bits per heavy atom. The Morgan fingerprint density at radius 3 is 3.00 bits per heavy atom. The van der Waals surface area contributed by atoms with Crippen molar-refractivity contribution in [3.8, 4) is 0 Å². The number of hydrogen-bond donors (Lipinski definition) is 0. The zero-order valence-electron chi connectivity index (χ0n) is 12.8. The predicted octanol–water partition coefficient (Wildman–Crippen LogP) is 0.517. The van der Waals surface area contributed by atoms with Crippen LogP contribution in [0.2, 0.25) is 0 Å². The molecule has 3 aromatic heterocycles. The molecular formula is C15H17N7O. The van der Waals surface area contributed by atoms with Crippen LogP contribution in [-0.4, -0.2) is 46.2 Å². The summed E-state index contributed by atoms with van der Waals surface area (Å²) in [5.74, 6) is 0.957. The highest BCUT2D eigenvalue weighted by atomic mass is 16.2. The Kier molecular flexibility index (Phi) is 3.22. The minimum atomic E-state index is 0.0459. The molecule has 0 bridgehead atoms. The summed E-state index contributed by atoms with van der Waals surface area (Å²) in [4.78, 5) is 23.0. The third-order valence-electron chi connectivity index (χ3n) is 4.09. The predicted molar refractivity (Wildman–Crippen MR) is 81.5 cm³/mol. The fourth-order valence-electron chi connectivity index (χ4n) is 2.89. The number of amides is 1. The van der Waals surface area contributed by atoms with E-state index in [0.29, 0.717) is 25.3 Å². The highest BCUT2D eigenvalue weighted by molar-refractivity contribution is 5.92. The van der Waals surface area contributed by atoms with Gasteiger partial charge in [0.1, 0.15) is 24.2 Å².